The lowest BCUT2D eigenvalue weighted by Crippen LogP contribution is -2.36. The third-order valence-electron chi connectivity index (χ3n) is 3.17. The summed E-state index contributed by atoms with van der Waals surface area (Å²) in [5.74, 6) is 0.0526. The van der Waals surface area contributed by atoms with E-state index in [1.807, 2.05) is 19.1 Å². The molecular weight excluding hydrogens is 224 g/mol. The lowest BCUT2D eigenvalue weighted by molar-refractivity contribution is -0.120. The fourth-order valence-corrected chi connectivity index (χ4v) is 1.95. The molecule has 0 saturated carbocycles. The summed E-state index contributed by atoms with van der Waals surface area (Å²) in [6.45, 7) is 8.63. The summed E-state index contributed by atoms with van der Waals surface area (Å²) in [7, 11) is 0. The molecule has 1 atom stereocenters. The molecule has 3 heteroatoms. The third-order valence-corrected chi connectivity index (χ3v) is 3.17. The van der Waals surface area contributed by atoms with Gasteiger partial charge in [-0.3, -0.25) is 4.79 Å². The molecule has 0 fully saturated rings. The quantitative estimate of drug-likeness (QED) is 0.812. The first-order valence-corrected chi connectivity index (χ1v) is 6.64. The lowest BCUT2D eigenvalue weighted by Gasteiger charge is -2.15. The minimum Gasteiger partial charge on any atom is -0.376 e. The van der Waals surface area contributed by atoms with Crippen LogP contribution >= 0.6 is 0 Å². The van der Waals surface area contributed by atoms with Crippen molar-refractivity contribution >= 4 is 11.6 Å². The van der Waals surface area contributed by atoms with Crippen LogP contribution in [-0.2, 0) is 4.79 Å². The van der Waals surface area contributed by atoms with Crippen LogP contribution in [0.15, 0.2) is 18.2 Å². The van der Waals surface area contributed by atoms with Crippen molar-refractivity contribution in [1.82, 2.24) is 5.32 Å². The van der Waals surface area contributed by atoms with E-state index in [1.54, 1.807) is 0 Å². The van der Waals surface area contributed by atoms with Crippen LogP contribution in [0.4, 0.5) is 5.69 Å². The summed E-state index contributed by atoms with van der Waals surface area (Å²) in [6, 6.07) is 6.33. The highest BCUT2D eigenvalue weighted by Crippen LogP contribution is 2.17. The molecule has 2 N–H and O–H groups in total. The molecule has 1 unspecified atom stereocenters. The minimum atomic E-state index is 0.0526. The maximum Gasteiger partial charge on any atom is 0.239 e. The molecule has 3 nitrogen and oxygen atoms in total. The van der Waals surface area contributed by atoms with Gasteiger partial charge in [-0.1, -0.05) is 25.5 Å². The minimum absolute atomic E-state index is 0.0526. The Morgan fingerprint density at radius 1 is 1.33 bits per heavy atom. The largest absolute Gasteiger partial charge is 0.376 e. The van der Waals surface area contributed by atoms with E-state index in [4.69, 9.17) is 0 Å². The maximum absolute atomic E-state index is 11.7. The second-order valence-corrected chi connectivity index (χ2v) is 4.86. The molecule has 1 amide bonds. The molecule has 1 rings (SSSR count). The highest BCUT2D eigenvalue weighted by molar-refractivity contribution is 5.81. The number of hydrogen-bond acceptors (Lipinski definition) is 2. The van der Waals surface area contributed by atoms with Crippen molar-refractivity contribution in [2.24, 2.45) is 0 Å². The molecular formula is C15H24N2O. The number of amides is 1. The summed E-state index contributed by atoms with van der Waals surface area (Å²) in [6.07, 6.45) is 2.11. The van der Waals surface area contributed by atoms with Gasteiger partial charge in [0.25, 0.3) is 0 Å². The van der Waals surface area contributed by atoms with Gasteiger partial charge in [0.2, 0.25) is 5.91 Å². The van der Waals surface area contributed by atoms with Crippen molar-refractivity contribution in [3.63, 3.8) is 0 Å². The molecule has 0 aliphatic heterocycles. The van der Waals surface area contributed by atoms with Crippen molar-refractivity contribution < 1.29 is 4.79 Å². The Hall–Kier alpha value is -1.51. The second-order valence-electron chi connectivity index (χ2n) is 4.86. The standard InChI is InChI=1S/C15H24N2O/c1-5-7-12(3)17-15(18)10-16-14-9-6-8-11(2)13(14)4/h6,8-9,12,16H,5,7,10H2,1-4H3,(H,17,18). The Kier molecular flexibility index (Phi) is 5.69. The van der Waals surface area contributed by atoms with Gasteiger partial charge in [-0.2, -0.15) is 0 Å². The normalized spacial score (nSPS) is 12.0. The Balaban J connectivity index is 2.45. The molecule has 100 valence electrons. The van der Waals surface area contributed by atoms with Crippen molar-refractivity contribution in [2.45, 2.75) is 46.6 Å². The summed E-state index contributed by atoms with van der Waals surface area (Å²) < 4.78 is 0. The lowest BCUT2D eigenvalue weighted by atomic mass is 10.1. The molecule has 1 aromatic rings. The Bertz CT molecular complexity index is 401. The number of anilines is 1. The Morgan fingerprint density at radius 2 is 2.06 bits per heavy atom. The number of nitrogens with one attached hydrogen (secondary N) is 2. The first kappa shape index (κ1) is 14.6. The topological polar surface area (TPSA) is 41.1 Å². The molecule has 0 aromatic heterocycles. The summed E-state index contributed by atoms with van der Waals surface area (Å²) in [4.78, 5) is 11.7. The van der Waals surface area contributed by atoms with Gasteiger partial charge in [-0.05, 0) is 44.4 Å². The first-order chi connectivity index (χ1) is 8.54. The van der Waals surface area contributed by atoms with Gasteiger partial charge in [0.15, 0.2) is 0 Å². The van der Waals surface area contributed by atoms with Crippen molar-refractivity contribution in [3.05, 3.63) is 29.3 Å². The van der Waals surface area contributed by atoms with Crippen molar-refractivity contribution in [1.29, 1.82) is 0 Å². The molecule has 0 saturated heterocycles. The summed E-state index contributed by atoms with van der Waals surface area (Å²) in [5, 5.41) is 6.17. The van der Waals surface area contributed by atoms with Crippen LogP contribution in [0.2, 0.25) is 0 Å². The average molecular weight is 248 g/mol. The number of rotatable bonds is 6. The van der Waals surface area contributed by atoms with Gasteiger partial charge in [-0.15, -0.1) is 0 Å². The van der Waals surface area contributed by atoms with Gasteiger partial charge in [0, 0.05) is 11.7 Å². The molecule has 18 heavy (non-hydrogen) atoms. The van der Waals surface area contributed by atoms with E-state index >= 15 is 0 Å². The highest BCUT2D eigenvalue weighted by atomic mass is 16.1. The molecule has 0 aliphatic rings. The predicted molar refractivity (Wildman–Crippen MR) is 76.9 cm³/mol. The molecule has 0 spiro atoms. The van der Waals surface area contributed by atoms with Crippen LogP contribution in [0, 0.1) is 13.8 Å². The average Bonchev–Trinajstić information content (AvgIpc) is 2.31. The van der Waals surface area contributed by atoms with Crippen molar-refractivity contribution in [2.75, 3.05) is 11.9 Å². The number of benzene rings is 1. The number of carbonyl (C=O) groups excluding carboxylic acids is 1. The predicted octanol–water partition coefficient (Wildman–Crippen LogP) is 3.02. The van der Waals surface area contributed by atoms with E-state index in [1.165, 1.54) is 11.1 Å². The number of hydrogen-bond donors (Lipinski definition) is 2. The van der Waals surface area contributed by atoms with Crippen LogP contribution in [0.25, 0.3) is 0 Å². The van der Waals surface area contributed by atoms with Crippen LogP contribution in [0.3, 0.4) is 0 Å². The van der Waals surface area contributed by atoms with Crippen molar-refractivity contribution in [3.8, 4) is 0 Å². The summed E-state index contributed by atoms with van der Waals surface area (Å²) >= 11 is 0. The first-order valence-electron chi connectivity index (χ1n) is 6.64. The zero-order chi connectivity index (χ0) is 13.5. The van der Waals surface area contributed by atoms with Crippen LogP contribution in [0.1, 0.15) is 37.8 Å². The van der Waals surface area contributed by atoms with E-state index in [0.29, 0.717) is 6.54 Å². The van der Waals surface area contributed by atoms with Crippen LogP contribution in [-0.4, -0.2) is 18.5 Å². The van der Waals surface area contributed by atoms with E-state index in [2.05, 4.69) is 37.5 Å². The summed E-state index contributed by atoms with van der Waals surface area (Å²) in [5.41, 5.74) is 3.47. The molecule has 0 heterocycles. The monoisotopic (exact) mass is 248 g/mol. The fourth-order valence-electron chi connectivity index (χ4n) is 1.95. The number of carbonyl (C=O) groups is 1. The zero-order valence-electron chi connectivity index (χ0n) is 11.8. The number of aryl methyl sites for hydroxylation is 1. The fraction of sp³-hybridized carbons (Fsp3) is 0.533. The van der Waals surface area contributed by atoms with Gasteiger partial charge in [0.05, 0.1) is 6.54 Å². The van der Waals surface area contributed by atoms with E-state index in [0.717, 1.165) is 18.5 Å². The SMILES string of the molecule is CCCC(C)NC(=O)CNc1cccc(C)c1C. The smallest absolute Gasteiger partial charge is 0.239 e. The highest BCUT2D eigenvalue weighted by Gasteiger charge is 2.07. The third kappa shape index (κ3) is 4.40. The van der Waals surface area contributed by atoms with Crippen LogP contribution in [0.5, 0.6) is 0 Å². The maximum atomic E-state index is 11.7. The second kappa shape index (κ2) is 7.04. The van der Waals surface area contributed by atoms with Gasteiger partial charge in [0.1, 0.15) is 0 Å². The van der Waals surface area contributed by atoms with E-state index in [9.17, 15) is 4.79 Å². The Morgan fingerprint density at radius 3 is 2.72 bits per heavy atom. The van der Waals surface area contributed by atoms with Gasteiger partial charge < -0.3 is 10.6 Å². The molecule has 1 aromatic carbocycles. The molecule has 0 bridgehead atoms. The molecule has 0 radical (unpaired) electrons. The van der Waals surface area contributed by atoms with Gasteiger partial charge in [-0.25, -0.2) is 0 Å². The Labute approximate surface area is 110 Å². The van der Waals surface area contributed by atoms with E-state index < -0.39 is 0 Å². The van der Waals surface area contributed by atoms with E-state index in [-0.39, 0.29) is 11.9 Å². The van der Waals surface area contributed by atoms with Crippen LogP contribution < -0.4 is 10.6 Å². The zero-order valence-corrected chi connectivity index (χ0v) is 11.8. The van der Waals surface area contributed by atoms with Gasteiger partial charge >= 0.3 is 0 Å². The molecule has 0 aliphatic carbocycles.